The third-order valence-electron chi connectivity index (χ3n) is 5.43. The molecule has 1 saturated heterocycles. The van der Waals surface area contributed by atoms with Crippen molar-refractivity contribution in [2.24, 2.45) is 0 Å². The summed E-state index contributed by atoms with van der Waals surface area (Å²) in [7, 11) is -1.64. The molecule has 8 heteroatoms. The number of esters is 1. The number of amides is 2. The Morgan fingerprint density at radius 1 is 1.14 bits per heavy atom. The first-order chi connectivity index (χ1) is 13.2. The summed E-state index contributed by atoms with van der Waals surface area (Å²) in [6, 6.07) is 12.8. The lowest BCUT2D eigenvalue weighted by atomic mass is 9.69. The number of carbonyl (C=O) groups excluding carboxylic acids is 3. The third-order valence-corrected chi connectivity index (χ3v) is 8.86. The molecule has 0 aromatic heterocycles. The van der Waals surface area contributed by atoms with Gasteiger partial charge in [0.1, 0.15) is 5.41 Å². The highest BCUT2D eigenvalue weighted by atomic mass is 32.3. The number of nitriles is 2. The van der Waals surface area contributed by atoms with Crippen molar-refractivity contribution in [3.05, 3.63) is 35.9 Å². The van der Waals surface area contributed by atoms with E-state index in [0.717, 1.165) is 11.4 Å². The molecule has 28 heavy (non-hydrogen) atoms. The zero-order valence-corrected chi connectivity index (χ0v) is 17.2. The number of methoxy groups -OCH3 is 1. The maximum Gasteiger partial charge on any atom is 0.338 e. The van der Waals surface area contributed by atoms with E-state index in [1.165, 1.54) is 0 Å². The molecule has 0 spiro atoms. The maximum atomic E-state index is 13.2. The summed E-state index contributed by atoms with van der Waals surface area (Å²) in [5.74, 6) is -1.80. The maximum absolute atomic E-state index is 13.2. The van der Waals surface area contributed by atoms with Gasteiger partial charge in [0, 0.05) is 12.8 Å². The lowest BCUT2D eigenvalue weighted by Gasteiger charge is -2.54. The zero-order valence-electron chi connectivity index (χ0n) is 16.4. The van der Waals surface area contributed by atoms with Crippen LogP contribution in [0.5, 0.6) is 0 Å². The Kier molecular flexibility index (Phi) is 5.86. The van der Waals surface area contributed by atoms with Crippen molar-refractivity contribution in [3.63, 3.8) is 0 Å². The molecule has 0 aliphatic carbocycles. The quantitative estimate of drug-likeness (QED) is 0.535. The summed E-state index contributed by atoms with van der Waals surface area (Å²) in [4.78, 5) is 38.2. The van der Waals surface area contributed by atoms with Gasteiger partial charge in [-0.1, -0.05) is 37.3 Å². The molecule has 1 fully saturated rings. The number of imide groups is 1. The first kappa shape index (κ1) is 21.5. The molecule has 2 rings (SSSR count). The number of hydrogen-bond acceptors (Lipinski definition) is 6. The van der Waals surface area contributed by atoms with Crippen LogP contribution in [0.1, 0.15) is 31.7 Å². The Morgan fingerprint density at radius 2 is 1.68 bits per heavy atom. The molecule has 1 aromatic rings. The zero-order chi connectivity index (χ0) is 21.2. The normalized spacial score (nSPS) is 19.1. The summed E-state index contributed by atoms with van der Waals surface area (Å²) >= 11 is 0. The van der Waals surface area contributed by atoms with Crippen molar-refractivity contribution in [3.8, 4) is 12.1 Å². The fraction of sp³-hybridized carbons (Fsp3) is 0.450. The molecule has 0 radical (unpaired) electrons. The van der Waals surface area contributed by atoms with Crippen molar-refractivity contribution < 1.29 is 19.1 Å². The van der Waals surface area contributed by atoms with Crippen LogP contribution >= 0.6 is 10.2 Å². The van der Waals surface area contributed by atoms with Crippen LogP contribution in [0, 0.1) is 22.7 Å². The predicted molar refractivity (Wildman–Crippen MR) is 105 cm³/mol. The number of hydrogen-bond donors (Lipinski definition) is 0. The highest BCUT2D eigenvalue weighted by Gasteiger charge is 2.68. The van der Waals surface area contributed by atoms with Crippen LogP contribution in [-0.4, -0.2) is 46.5 Å². The van der Waals surface area contributed by atoms with E-state index in [2.05, 4.69) is 12.1 Å². The van der Waals surface area contributed by atoms with E-state index in [9.17, 15) is 24.9 Å². The van der Waals surface area contributed by atoms with Gasteiger partial charge in [0.15, 0.2) is 0 Å². The van der Waals surface area contributed by atoms with E-state index in [0.29, 0.717) is 5.56 Å². The Hall–Kier alpha value is -2.84. The van der Waals surface area contributed by atoms with E-state index < -0.39 is 38.2 Å². The average molecular weight is 401 g/mol. The smallest absolute Gasteiger partial charge is 0.338 e. The predicted octanol–water partition coefficient (Wildman–Crippen LogP) is 2.42. The minimum atomic E-state index is -2.78. The topological polar surface area (TPSA) is 111 Å². The lowest BCUT2D eigenvalue weighted by molar-refractivity contribution is -0.143. The minimum Gasteiger partial charge on any atom is -0.467 e. The molecule has 2 unspecified atom stereocenters. The van der Waals surface area contributed by atoms with Gasteiger partial charge >= 0.3 is 5.97 Å². The largest absolute Gasteiger partial charge is 0.467 e. The van der Waals surface area contributed by atoms with Crippen molar-refractivity contribution in [1.82, 2.24) is 4.31 Å². The highest BCUT2D eigenvalue weighted by Crippen LogP contribution is 2.65. The molecule has 2 amide bonds. The number of benzene rings is 1. The van der Waals surface area contributed by atoms with E-state index in [1.54, 1.807) is 49.8 Å². The van der Waals surface area contributed by atoms with E-state index in [-0.39, 0.29) is 19.3 Å². The molecule has 1 aliphatic heterocycles. The molecular weight excluding hydrogens is 378 g/mol. The summed E-state index contributed by atoms with van der Waals surface area (Å²) in [5, 5.41) is 20.7. The highest BCUT2D eigenvalue weighted by molar-refractivity contribution is 8.33. The molecule has 148 valence electrons. The van der Waals surface area contributed by atoms with Gasteiger partial charge in [0.05, 0.1) is 19.2 Å². The van der Waals surface area contributed by atoms with Crippen molar-refractivity contribution in [1.29, 1.82) is 10.5 Å². The molecule has 1 aliphatic rings. The molecule has 2 atom stereocenters. The van der Waals surface area contributed by atoms with Gasteiger partial charge in [-0.15, -0.1) is 10.2 Å². The SMILES string of the molecule is CCC(C#N)(c1ccccc1)C(C#N)(C(=O)OC)S(C)(C)N1C(=O)CCC1=O. The van der Waals surface area contributed by atoms with Crippen LogP contribution < -0.4 is 0 Å². The fourth-order valence-corrected chi connectivity index (χ4v) is 7.35. The Bertz CT molecular complexity index is 871. The molecule has 0 bridgehead atoms. The Morgan fingerprint density at radius 3 is 2.07 bits per heavy atom. The van der Waals surface area contributed by atoms with Crippen LogP contribution in [0.2, 0.25) is 0 Å². The van der Waals surface area contributed by atoms with E-state index in [1.807, 2.05) is 0 Å². The van der Waals surface area contributed by atoms with Crippen LogP contribution in [-0.2, 0) is 24.5 Å². The molecule has 1 aromatic carbocycles. The molecular formula is C20H23N3O4S. The number of rotatable bonds is 6. The molecule has 7 nitrogen and oxygen atoms in total. The first-order valence-electron chi connectivity index (χ1n) is 8.75. The Balaban J connectivity index is 2.93. The van der Waals surface area contributed by atoms with Crippen LogP contribution in [0.3, 0.4) is 0 Å². The van der Waals surface area contributed by atoms with Crippen molar-refractivity contribution >= 4 is 28.0 Å². The van der Waals surface area contributed by atoms with Gasteiger partial charge in [-0.3, -0.25) is 9.59 Å². The minimum absolute atomic E-state index is 0.0228. The van der Waals surface area contributed by atoms with Crippen molar-refractivity contribution in [2.45, 2.75) is 36.3 Å². The van der Waals surface area contributed by atoms with Gasteiger partial charge in [0.2, 0.25) is 16.6 Å². The van der Waals surface area contributed by atoms with Gasteiger partial charge in [0.25, 0.3) is 0 Å². The van der Waals surface area contributed by atoms with Crippen LogP contribution in [0.15, 0.2) is 30.3 Å². The average Bonchev–Trinajstić information content (AvgIpc) is 3.05. The number of nitrogens with zero attached hydrogens (tertiary/aromatic N) is 3. The molecule has 0 saturated carbocycles. The fourth-order valence-electron chi connectivity index (χ4n) is 4.00. The third kappa shape index (κ3) is 2.68. The second-order valence-corrected chi connectivity index (χ2v) is 10.4. The molecule has 1 heterocycles. The van der Waals surface area contributed by atoms with Crippen LogP contribution in [0.4, 0.5) is 0 Å². The van der Waals surface area contributed by atoms with Gasteiger partial charge in [-0.2, -0.15) is 10.5 Å². The van der Waals surface area contributed by atoms with Gasteiger partial charge < -0.3 is 4.74 Å². The summed E-state index contributed by atoms with van der Waals surface area (Å²) in [5.41, 5.74) is -1.15. The number of carbonyl (C=O) groups is 3. The van der Waals surface area contributed by atoms with Gasteiger partial charge in [-0.25, -0.2) is 9.10 Å². The standard InChI is InChI=1S/C20H23N3O4S/c1-5-19(13-21,15-9-7-6-8-10-15)20(14-22,18(26)27-2)28(3,4)23-16(24)11-12-17(23)25/h6-10H,5,11-12H2,1-4H3. The van der Waals surface area contributed by atoms with E-state index >= 15 is 0 Å². The Labute approximate surface area is 166 Å². The number of ether oxygens (including phenoxy) is 1. The summed E-state index contributed by atoms with van der Waals surface area (Å²) in [6.07, 6.45) is 3.27. The lowest BCUT2D eigenvalue weighted by Crippen LogP contribution is -2.62. The molecule has 0 N–H and O–H groups in total. The van der Waals surface area contributed by atoms with E-state index in [4.69, 9.17) is 4.74 Å². The first-order valence-corrected chi connectivity index (χ1v) is 11.2. The summed E-state index contributed by atoms with van der Waals surface area (Å²) in [6.45, 7) is 1.70. The summed E-state index contributed by atoms with van der Waals surface area (Å²) < 4.78 is 3.99. The second-order valence-electron chi connectivity index (χ2n) is 6.88. The second kappa shape index (κ2) is 7.65. The van der Waals surface area contributed by atoms with Crippen molar-refractivity contribution in [2.75, 3.05) is 19.6 Å². The monoisotopic (exact) mass is 401 g/mol. The van der Waals surface area contributed by atoms with Gasteiger partial charge in [-0.05, 0) is 24.5 Å². The van der Waals surface area contributed by atoms with Crippen LogP contribution in [0.25, 0.3) is 0 Å².